The molecule has 0 amide bonds. The minimum atomic E-state index is -4.31. The van der Waals surface area contributed by atoms with E-state index < -0.39 is 26.0 Å². The first-order valence-corrected chi connectivity index (χ1v) is 20.8. The van der Waals surface area contributed by atoms with Crippen LogP contribution in [-0.4, -0.2) is 49.4 Å². The van der Waals surface area contributed by atoms with Crippen molar-refractivity contribution in [2.24, 2.45) is 0 Å². The Morgan fingerprint density at radius 2 is 1.62 bits per heavy atom. The highest BCUT2D eigenvalue weighted by molar-refractivity contribution is 8.00. The van der Waals surface area contributed by atoms with Crippen molar-refractivity contribution in [3.05, 3.63) is 105 Å². The molecule has 2 heterocycles. The third kappa shape index (κ3) is 9.58. The number of aromatic nitrogens is 1. The van der Waals surface area contributed by atoms with Gasteiger partial charge >= 0.3 is 0 Å². The molecule has 48 heavy (non-hydrogen) atoms. The van der Waals surface area contributed by atoms with E-state index in [9.17, 15) is 25.9 Å². The Bertz CT molecular complexity index is 2070. The Morgan fingerprint density at radius 1 is 0.938 bits per heavy atom. The summed E-state index contributed by atoms with van der Waals surface area (Å²) < 4.78 is 69.7. The number of benzene rings is 3. The van der Waals surface area contributed by atoms with Crippen molar-refractivity contribution in [2.45, 2.75) is 70.2 Å². The van der Waals surface area contributed by atoms with E-state index in [1.54, 1.807) is 23.1 Å². The molecular weight excluding hydrogens is 685 g/mol. The van der Waals surface area contributed by atoms with E-state index in [0.717, 1.165) is 32.0 Å². The lowest BCUT2D eigenvalue weighted by atomic mass is 10.0. The van der Waals surface area contributed by atoms with E-state index in [-0.39, 0.29) is 17.5 Å². The molecular formula is C36H42N2O6S4. The second kappa shape index (κ2) is 15.3. The number of thioether (sulfide) groups is 1. The molecule has 1 aliphatic heterocycles. The molecule has 0 saturated heterocycles. The number of allylic oxidation sites excluding steroid dienone is 2. The summed E-state index contributed by atoms with van der Waals surface area (Å²) in [6, 6.07) is 18.9. The lowest BCUT2D eigenvalue weighted by Crippen LogP contribution is -2.36. The Kier molecular flexibility index (Phi) is 11.5. The first-order chi connectivity index (χ1) is 22.7. The van der Waals surface area contributed by atoms with Crippen molar-refractivity contribution in [1.82, 2.24) is 0 Å². The van der Waals surface area contributed by atoms with Gasteiger partial charge in [-0.3, -0.25) is 4.55 Å². The van der Waals surface area contributed by atoms with Gasteiger partial charge in [0.1, 0.15) is 4.70 Å². The number of aryl methyl sites for hydroxylation is 5. The van der Waals surface area contributed by atoms with E-state index in [2.05, 4.69) is 91.8 Å². The first-order valence-electron chi connectivity index (χ1n) is 15.9. The largest absolute Gasteiger partial charge is 0.748 e. The molecule has 256 valence electrons. The predicted molar refractivity (Wildman–Crippen MR) is 196 cm³/mol. The fraction of sp³-hybridized carbons (Fsp3) is 0.361. The van der Waals surface area contributed by atoms with E-state index in [4.69, 9.17) is 0 Å². The second-order valence-corrected chi connectivity index (χ2v) is 17.8. The average Bonchev–Trinajstić information content (AvgIpc) is 3.50. The fourth-order valence-electron chi connectivity index (χ4n) is 5.88. The molecule has 0 saturated carbocycles. The molecule has 1 aromatic heterocycles. The van der Waals surface area contributed by atoms with Crippen LogP contribution in [0.1, 0.15) is 52.1 Å². The van der Waals surface area contributed by atoms with E-state index >= 15 is 0 Å². The van der Waals surface area contributed by atoms with Crippen molar-refractivity contribution in [1.29, 1.82) is 0 Å². The normalized spacial score (nSPS) is 15.6. The molecule has 5 rings (SSSR count). The first kappa shape index (κ1) is 36.3. The van der Waals surface area contributed by atoms with Crippen molar-refractivity contribution in [2.75, 3.05) is 23.0 Å². The van der Waals surface area contributed by atoms with Gasteiger partial charge in [-0.1, -0.05) is 65.6 Å². The van der Waals surface area contributed by atoms with Crippen molar-refractivity contribution >= 4 is 65.3 Å². The van der Waals surface area contributed by atoms with Crippen LogP contribution in [0.3, 0.4) is 0 Å². The Balaban J connectivity index is 1.47. The van der Waals surface area contributed by atoms with Crippen LogP contribution >= 0.6 is 23.1 Å². The number of thiazole rings is 1. The Labute approximate surface area is 292 Å². The molecule has 0 spiro atoms. The zero-order valence-corrected chi connectivity index (χ0v) is 30.9. The van der Waals surface area contributed by atoms with Crippen LogP contribution < -0.4 is 9.47 Å². The van der Waals surface area contributed by atoms with Gasteiger partial charge in [-0.05, 0) is 98.5 Å². The highest BCUT2D eigenvalue weighted by Crippen LogP contribution is 2.46. The molecule has 0 radical (unpaired) electrons. The van der Waals surface area contributed by atoms with Crippen molar-refractivity contribution in [3.63, 3.8) is 0 Å². The van der Waals surface area contributed by atoms with Gasteiger partial charge in [-0.25, -0.2) is 8.42 Å². The smallest absolute Gasteiger partial charge is 0.264 e. The minimum absolute atomic E-state index is 0.0519. The number of hydrogen-bond acceptors (Lipinski definition) is 8. The third-order valence-corrected chi connectivity index (χ3v) is 12.7. The van der Waals surface area contributed by atoms with Crippen LogP contribution in [0.5, 0.6) is 0 Å². The van der Waals surface area contributed by atoms with Crippen LogP contribution in [0.15, 0.2) is 77.2 Å². The number of rotatable bonds is 14. The molecule has 0 aliphatic carbocycles. The van der Waals surface area contributed by atoms with Crippen molar-refractivity contribution in [3.8, 4) is 0 Å². The van der Waals surface area contributed by atoms with Gasteiger partial charge in [0.15, 0.2) is 6.54 Å². The van der Waals surface area contributed by atoms with Gasteiger partial charge in [0, 0.05) is 35.8 Å². The summed E-state index contributed by atoms with van der Waals surface area (Å²) in [5, 5.41) is 1.02. The highest BCUT2D eigenvalue weighted by Gasteiger charge is 2.30. The van der Waals surface area contributed by atoms with Gasteiger partial charge in [0.05, 0.1) is 26.9 Å². The quantitative estimate of drug-likeness (QED) is 0.0828. The molecule has 1 atom stereocenters. The van der Waals surface area contributed by atoms with Gasteiger partial charge in [-0.15, -0.1) is 0 Å². The molecule has 4 aromatic rings. The topological polar surface area (TPSA) is 119 Å². The lowest BCUT2D eigenvalue weighted by molar-refractivity contribution is -0.668. The molecule has 3 aromatic carbocycles. The summed E-state index contributed by atoms with van der Waals surface area (Å²) in [5.74, 6) is -0.695. The summed E-state index contributed by atoms with van der Waals surface area (Å²) >= 11 is 3.42. The van der Waals surface area contributed by atoms with Gasteiger partial charge in [0.2, 0.25) is 5.52 Å². The number of fused-ring (bicyclic) bond motifs is 2. The molecule has 12 heteroatoms. The monoisotopic (exact) mass is 726 g/mol. The zero-order chi connectivity index (χ0) is 34.6. The summed E-state index contributed by atoms with van der Waals surface area (Å²) in [6.07, 6.45) is 8.43. The van der Waals surface area contributed by atoms with Crippen LogP contribution in [0.4, 0.5) is 5.69 Å². The van der Waals surface area contributed by atoms with E-state index in [0.29, 0.717) is 32.4 Å². The highest BCUT2D eigenvalue weighted by atomic mass is 32.2. The average molecular weight is 727 g/mol. The SMILES string of the molecule is Cc1cc2c(cc1C)N(CCCS(=O)(=O)O)C(CC=C(C=Cc1sc3cc(C)c(C)cc3[n+]1CCCS(=O)(=O)[O-])Cc1ccccc1)S2. The maximum atomic E-state index is 11.5. The summed E-state index contributed by atoms with van der Waals surface area (Å²) in [5.41, 5.74) is 9.10. The molecule has 1 aliphatic rings. The molecule has 0 bridgehead atoms. The summed E-state index contributed by atoms with van der Waals surface area (Å²) in [4.78, 5) is 3.42. The maximum absolute atomic E-state index is 11.5. The Morgan fingerprint density at radius 3 is 2.33 bits per heavy atom. The van der Waals surface area contributed by atoms with Crippen LogP contribution in [0.2, 0.25) is 0 Å². The van der Waals surface area contributed by atoms with E-state index in [1.165, 1.54) is 27.1 Å². The van der Waals surface area contributed by atoms with E-state index in [1.807, 2.05) is 18.2 Å². The van der Waals surface area contributed by atoms with Crippen LogP contribution in [-0.2, 0) is 33.2 Å². The fourth-order valence-corrected chi connectivity index (χ4v) is 9.41. The second-order valence-electron chi connectivity index (χ2n) is 12.4. The van der Waals surface area contributed by atoms with Crippen molar-refractivity contribution < 1.29 is 30.5 Å². The van der Waals surface area contributed by atoms with Crippen LogP contribution in [0.25, 0.3) is 16.3 Å². The summed E-state index contributed by atoms with van der Waals surface area (Å²) in [6.45, 7) is 9.22. The number of hydrogen-bond donors (Lipinski definition) is 1. The molecule has 8 nitrogen and oxygen atoms in total. The number of nitrogens with zero attached hydrogens (tertiary/aromatic N) is 2. The minimum Gasteiger partial charge on any atom is -0.748 e. The number of anilines is 1. The van der Waals surface area contributed by atoms with Gasteiger partial charge in [0.25, 0.3) is 15.1 Å². The molecule has 0 fully saturated rings. The zero-order valence-electron chi connectivity index (χ0n) is 27.7. The molecule has 1 N–H and O–H groups in total. The standard InChI is InChI=1S/C36H42N2O6S4/c1-25-20-31-33(22-27(25)3)45-35(37(31)16-8-18-47(39,40)41)14-12-30(24-29-10-6-5-7-11-29)13-15-36-38(17-9-19-48(42,43)44)32-21-26(2)28(4)23-34(32)46-36/h5-7,10-14,20-23,36H,8-9,15-19,24H2,1-4H3,(H-,39,40,41,42,43,44). The maximum Gasteiger partial charge on any atom is 0.264 e. The Hall–Kier alpha value is -3.00. The summed E-state index contributed by atoms with van der Waals surface area (Å²) in [7, 11) is -8.36. The third-order valence-electron chi connectivity index (χ3n) is 8.69. The van der Waals surface area contributed by atoms with Gasteiger partial charge in [-0.2, -0.15) is 13.0 Å². The predicted octanol–water partition coefficient (Wildman–Crippen LogP) is 7.15. The lowest BCUT2D eigenvalue weighted by Gasteiger charge is -2.26. The van der Waals surface area contributed by atoms with Gasteiger partial charge < -0.3 is 9.45 Å². The van der Waals surface area contributed by atoms with Crippen LogP contribution in [0, 0.1) is 27.7 Å². The molecule has 1 unspecified atom stereocenters.